The van der Waals surface area contributed by atoms with Crippen molar-refractivity contribution in [3.8, 4) is 33.1 Å². The van der Waals surface area contributed by atoms with Crippen LogP contribution in [0.1, 0.15) is 26.4 Å². The quantitative estimate of drug-likeness (QED) is 0.184. The number of alkyl halides is 3. The standard InChI is InChI=1S/C31H22F3N3O5S2/c1-44(40,41)21-8-6-7-19(15-21)20-16-27(43-18-20)25-17-28(31(32,33)34)35-37(25)24-11-4-5-12-26(24)42-14-13-36-29(38)22-9-2-3-10-23(22)30(36)39/h2-12,15-18H,13-14H2,1H3. The summed E-state index contributed by atoms with van der Waals surface area (Å²) in [5.41, 5.74) is 1.08. The van der Waals surface area contributed by atoms with Gasteiger partial charge in [0.05, 0.1) is 33.1 Å². The van der Waals surface area contributed by atoms with Gasteiger partial charge >= 0.3 is 6.18 Å². The molecule has 1 aliphatic rings. The molecule has 0 saturated carbocycles. The molecule has 2 amide bonds. The van der Waals surface area contributed by atoms with Gasteiger partial charge in [0.25, 0.3) is 11.8 Å². The second kappa shape index (κ2) is 11.1. The molecule has 0 aliphatic carbocycles. The Morgan fingerprint density at radius 2 is 1.55 bits per heavy atom. The van der Waals surface area contributed by atoms with Crippen molar-refractivity contribution >= 4 is 33.0 Å². The van der Waals surface area contributed by atoms with Crippen LogP contribution in [0.5, 0.6) is 5.75 Å². The number of ether oxygens (including phenoxy) is 1. The first kappa shape index (κ1) is 29.3. The molecule has 5 aromatic rings. The highest BCUT2D eigenvalue weighted by molar-refractivity contribution is 7.90. The van der Waals surface area contributed by atoms with Crippen LogP contribution in [-0.4, -0.2) is 54.3 Å². The summed E-state index contributed by atoms with van der Waals surface area (Å²) in [4.78, 5) is 27.1. The van der Waals surface area contributed by atoms with E-state index < -0.39 is 33.5 Å². The van der Waals surface area contributed by atoms with E-state index >= 15 is 0 Å². The molecule has 0 saturated heterocycles. The largest absolute Gasteiger partial charge is 0.489 e. The highest BCUT2D eigenvalue weighted by Crippen LogP contribution is 2.39. The fourth-order valence-corrected chi connectivity index (χ4v) is 6.44. The number of aromatic nitrogens is 2. The molecule has 0 radical (unpaired) electrons. The van der Waals surface area contributed by atoms with E-state index in [9.17, 15) is 31.2 Å². The van der Waals surface area contributed by atoms with Crippen molar-refractivity contribution in [3.63, 3.8) is 0 Å². The Bertz CT molecular complexity index is 2000. The lowest BCUT2D eigenvalue weighted by Crippen LogP contribution is -2.33. The summed E-state index contributed by atoms with van der Waals surface area (Å²) in [7, 11) is -3.46. The zero-order valence-corrected chi connectivity index (χ0v) is 24.5. The lowest BCUT2D eigenvalue weighted by Gasteiger charge is -2.16. The maximum absolute atomic E-state index is 13.9. The van der Waals surface area contributed by atoms with Gasteiger partial charge in [-0.1, -0.05) is 36.4 Å². The molecule has 44 heavy (non-hydrogen) atoms. The van der Waals surface area contributed by atoms with Crippen molar-refractivity contribution in [2.24, 2.45) is 0 Å². The van der Waals surface area contributed by atoms with Crippen molar-refractivity contribution in [2.45, 2.75) is 11.1 Å². The summed E-state index contributed by atoms with van der Waals surface area (Å²) in [5.74, 6) is -0.690. The zero-order valence-electron chi connectivity index (χ0n) is 22.9. The Labute approximate surface area is 253 Å². The first-order valence-corrected chi connectivity index (χ1v) is 15.9. The van der Waals surface area contributed by atoms with Crippen LogP contribution >= 0.6 is 11.3 Å². The number of sulfone groups is 1. The van der Waals surface area contributed by atoms with Crippen LogP contribution in [-0.2, 0) is 16.0 Å². The Morgan fingerprint density at radius 1 is 0.864 bits per heavy atom. The molecule has 0 N–H and O–H groups in total. The van der Waals surface area contributed by atoms with Crippen LogP contribution in [0, 0.1) is 0 Å². The van der Waals surface area contributed by atoms with Crippen LogP contribution in [0.3, 0.4) is 0 Å². The van der Waals surface area contributed by atoms with Crippen LogP contribution in [0.2, 0.25) is 0 Å². The van der Waals surface area contributed by atoms with Gasteiger partial charge in [0.15, 0.2) is 15.5 Å². The van der Waals surface area contributed by atoms with Crippen LogP contribution < -0.4 is 4.74 Å². The molecule has 3 aromatic carbocycles. The smallest absolute Gasteiger partial charge is 0.435 e. The SMILES string of the molecule is CS(=O)(=O)c1cccc(-c2csc(-c3cc(C(F)(F)F)nn3-c3ccccc3OCCN3C(=O)c4ccccc4C3=O)c2)c1. The van der Waals surface area contributed by atoms with Crippen molar-refractivity contribution in [2.75, 3.05) is 19.4 Å². The van der Waals surface area contributed by atoms with E-state index in [-0.39, 0.29) is 35.2 Å². The second-order valence-electron chi connectivity index (χ2n) is 9.95. The molecule has 8 nitrogen and oxygen atoms in total. The molecule has 2 aromatic heterocycles. The summed E-state index contributed by atoms with van der Waals surface area (Å²) in [6.45, 7) is -0.174. The van der Waals surface area contributed by atoms with Gasteiger partial charge in [-0.05, 0) is 65.0 Å². The van der Waals surface area contributed by atoms with E-state index in [1.54, 1.807) is 72.1 Å². The van der Waals surface area contributed by atoms with Crippen LogP contribution in [0.25, 0.3) is 27.4 Å². The number of hydrogen-bond acceptors (Lipinski definition) is 7. The fourth-order valence-electron chi connectivity index (χ4n) is 4.85. The van der Waals surface area contributed by atoms with E-state index in [1.165, 1.54) is 23.5 Å². The molecule has 0 fully saturated rings. The molecule has 13 heteroatoms. The highest BCUT2D eigenvalue weighted by Gasteiger charge is 2.36. The molecular weight excluding hydrogens is 615 g/mol. The van der Waals surface area contributed by atoms with Crippen LogP contribution in [0.4, 0.5) is 13.2 Å². The number of para-hydroxylation sites is 2. The number of nitrogens with zero attached hydrogens (tertiary/aromatic N) is 3. The number of rotatable bonds is 8. The summed E-state index contributed by atoms with van der Waals surface area (Å²) >= 11 is 1.18. The van der Waals surface area contributed by atoms with Crippen LogP contribution in [0.15, 0.2) is 95.2 Å². The van der Waals surface area contributed by atoms with Crippen molar-refractivity contribution < 1.29 is 35.9 Å². The summed E-state index contributed by atoms with van der Waals surface area (Å²) in [6, 6.07) is 21.8. The number of hydrogen-bond donors (Lipinski definition) is 0. The highest BCUT2D eigenvalue weighted by atomic mass is 32.2. The third kappa shape index (κ3) is 5.51. The molecule has 224 valence electrons. The molecule has 0 atom stereocenters. The molecule has 0 bridgehead atoms. The molecule has 0 spiro atoms. The van der Waals surface area contributed by atoms with E-state index in [0.717, 1.165) is 21.9 Å². The van der Waals surface area contributed by atoms with Gasteiger partial charge in [0, 0.05) is 6.26 Å². The number of thiophene rings is 1. The second-order valence-corrected chi connectivity index (χ2v) is 12.9. The van der Waals surface area contributed by atoms with E-state index in [1.807, 2.05) is 0 Å². The normalized spacial score (nSPS) is 13.4. The third-order valence-corrected chi connectivity index (χ3v) is 9.05. The minimum atomic E-state index is -4.73. The average Bonchev–Trinajstić information content (AvgIpc) is 3.71. The van der Waals surface area contributed by atoms with Crippen molar-refractivity contribution in [3.05, 3.63) is 107 Å². The first-order valence-electron chi connectivity index (χ1n) is 13.2. The molecule has 1 aliphatic heterocycles. The Kier molecular flexibility index (Phi) is 7.38. The molecule has 0 unspecified atom stereocenters. The number of amides is 2. The lowest BCUT2D eigenvalue weighted by atomic mass is 10.1. The van der Waals surface area contributed by atoms with E-state index in [0.29, 0.717) is 27.1 Å². The van der Waals surface area contributed by atoms with Gasteiger partial charge < -0.3 is 4.74 Å². The van der Waals surface area contributed by atoms with Gasteiger partial charge in [-0.2, -0.15) is 18.3 Å². The Morgan fingerprint density at radius 3 is 2.23 bits per heavy atom. The number of carbonyl (C=O) groups excluding carboxylic acids is 2. The van der Waals surface area contributed by atoms with E-state index in [2.05, 4.69) is 5.10 Å². The first-order chi connectivity index (χ1) is 20.9. The topological polar surface area (TPSA) is 98.6 Å². The van der Waals surface area contributed by atoms with Gasteiger partial charge in [-0.15, -0.1) is 11.3 Å². The molecule has 6 rings (SSSR count). The maximum atomic E-state index is 13.9. The number of carbonyl (C=O) groups is 2. The summed E-state index contributed by atoms with van der Waals surface area (Å²) in [6.07, 6.45) is -3.63. The predicted molar refractivity (Wildman–Crippen MR) is 158 cm³/mol. The monoisotopic (exact) mass is 637 g/mol. The Balaban J connectivity index is 1.31. The number of benzene rings is 3. The lowest BCUT2D eigenvalue weighted by molar-refractivity contribution is -0.141. The fraction of sp³-hybridized carbons (Fsp3) is 0.129. The molecular formula is C31H22F3N3O5S2. The number of imide groups is 1. The van der Waals surface area contributed by atoms with Gasteiger partial charge in [-0.3, -0.25) is 14.5 Å². The van der Waals surface area contributed by atoms with Crippen molar-refractivity contribution in [1.82, 2.24) is 14.7 Å². The number of fused-ring (bicyclic) bond motifs is 1. The number of halogens is 3. The predicted octanol–water partition coefficient (Wildman–Crippen LogP) is 6.37. The maximum Gasteiger partial charge on any atom is 0.435 e. The Hall–Kier alpha value is -4.75. The van der Waals surface area contributed by atoms with Crippen molar-refractivity contribution in [1.29, 1.82) is 0 Å². The van der Waals surface area contributed by atoms with Gasteiger partial charge in [0.2, 0.25) is 0 Å². The molecule has 3 heterocycles. The summed E-state index contributed by atoms with van der Waals surface area (Å²) < 4.78 is 72.8. The third-order valence-electron chi connectivity index (χ3n) is 6.99. The average molecular weight is 638 g/mol. The van der Waals surface area contributed by atoms with Gasteiger partial charge in [-0.25, -0.2) is 13.1 Å². The summed E-state index contributed by atoms with van der Waals surface area (Å²) in [5, 5.41) is 5.60. The minimum Gasteiger partial charge on any atom is -0.489 e. The minimum absolute atomic E-state index is 0.0682. The zero-order chi connectivity index (χ0) is 31.2. The van der Waals surface area contributed by atoms with E-state index in [4.69, 9.17) is 4.74 Å². The van der Waals surface area contributed by atoms with Gasteiger partial charge in [0.1, 0.15) is 18.0 Å².